The Balaban J connectivity index is 2.04. The van der Waals surface area contributed by atoms with Crippen molar-refractivity contribution in [2.75, 3.05) is 4.72 Å². The van der Waals surface area contributed by atoms with Gasteiger partial charge in [-0.05, 0) is 56.3 Å². The minimum atomic E-state index is -4.10. The van der Waals surface area contributed by atoms with E-state index in [-0.39, 0.29) is 21.3 Å². The SMILES string of the molecule is Cc1nn(-c2ccc(F)cc2)c(C)c1S(=O)(=O)Nc1ccc(Cl)cc1F. The average Bonchev–Trinajstić information content (AvgIpc) is 2.86. The summed E-state index contributed by atoms with van der Waals surface area (Å²) in [5, 5.41) is 4.37. The summed E-state index contributed by atoms with van der Waals surface area (Å²) in [5.41, 5.74) is 0.832. The molecule has 1 aromatic heterocycles. The summed E-state index contributed by atoms with van der Waals surface area (Å²) in [6.45, 7) is 3.09. The lowest BCUT2D eigenvalue weighted by Crippen LogP contribution is -2.16. The zero-order chi connectivity index (χ0) is 19.1. The molecule has 0 radical (unpaired) electrons. The molecular weight excluding hydrogens is 384 g/mol. The monoisotopic (exact) mass is 397 g/mol. The molecule has 0 atom stereocenters. The Kier molecular flexibility index (Phi) is 4.72. The summed E-state index contributed by atoms with van der Waals surface area (Å²) in [7, 11) is -4.10. The van der Waals surface area contributed by atoms with Crippen LogP contribution in [0.2, 0.25) is 5.02 Å². The van der Waals surface area contributed by atoms with Crippen LogP contribution in [0.15, 0.2) is 47.4 Å². The molecule has 0 unspecified atom stereocenters. The van der Waals surface area contributed by atoms with Crippen molar-refractivity contribution in [1.29, 1.82) is 0 Å². The van der Waals surface area contributed by atoms with E-state index >= 15 is 0 Å². The van der Waals surface area contributed by atoms with Crippen LogP contribution in [-0.2, 0) is 10.0 Å². The van der Waals surface area contributed by atoms with Crippen LogP contribution >= 0.6 is 11.6 Å². The van der Waals surface area contributed by atoms with Crippen LogP contribution in [0.25, 0.3) is 5.69 Å². The molecule has 136 valence electrons. The molecule has 0 spiro atoms. The first-order valence-electron chi connectivity index (χ1n) is 7.49. The Labute approximate surface area is 154 Å². The molecule has 2 aromatic carbocycles. The van der Waals surface area contributed by atoms with Gasteiger partial charge in [-0.15, -0.1) is 0 Å². The van der Waals surface area contributed by atoms with E-state index in [1.807, 2.05) is 0 Å². The molecule has 0 aliphatic carbocycles. The minimum absolute atomic E-state index is 0.0730. The fourth-order valence-electron chi connectivity index (χ4n) is 2.62. The van der Waals surface area contributed by atoms with Gasteiger partial charge in [0.1, 0.15) is 16.5 Å². The highest BCUT2D eigenvalue weighted by molar-refractivity contribution is 7.92. The molecule has 0 aliphatic heterocycles. The fourth-order valence-corrected chi connectivity index (χ4v) is 4.24. The maximum Gasteiger partial charge on any atom is 0.265 e. The predicted octanol–water partition coefficient (Wildman–Crippen LogP) is 4.22. The third-order valence-corrected chi connectivity index (χ3v) is 5.59. The fraction of sp³-hybridized carbons (Fsp3) is 0.118. The molecule has 26 heavy (non-hydrogen) atoms. The van der Waals surface area contributed by atoms with Crippen molar-refractivity contribution in [2.24, 2.45) is 0 Å². The molecule has 0 saturated heterocycles. The Bertz CT molecular complexity index is 1080. The van der Waals surface area contributed by atoms with Gasteiger partial charge >= 0.3 is 0 Å². The van der Waals surface area contributed by atoms with E-state index in [0.29, 0.717) is 11.4 Å². The standard InChI is InChI=1S/C17H14ClF2N3O2S/c1-10-17(11(2)23(21-10)14-6-4-13(19)5-7-14)26(24,25)22-16-8-3-12(18)9-15(16)20/h3-9,22H,1-2H3. The number of benzene rings is 2. The van der Waals surface area contributed by atoms with Crippen LogP contribution in [0.1, 0.15) is 11.4 Å². The number of rotatable bonds is 4. The number of hydrogen-bond acceptors (Lipinski definition) is 3. The Morgan fingerprint density at radius 2 is 1.73 bits per heavy atom. The number of sulfonamides is 1. The van der Waals surface area contributed by atoms with E-state index in [9.17, 15) is 17.2 Å². The highest BCUT2D eigenvalue weighted by atomic mass is 35.5. The number of aryl methyl sites for hydroxylation is 1. The highest BCUT2D eigenvalue weighted by Gasteiger charge is 2.26. The van der Waals surface area contributed by atoms with Gasteiger partial charge in [0.25, 0.3) is 10.0 Å². The van der Waals surface area contributed by atoms with Crippen molar-refractivity contribution in [3.8, 4) is 5.69 Å². The summed E-state index contributed by atoms with van der Waals surface area (Å²) in [6.07, 6.45) is 0. The van der Waals surface area contributed by atoms with Crippen LogP contribution in [0.5, 0.6) is 0 Å². The maximum absolute atomic E-state index is 13.9. The van der Waals surface area contributed by atoms with Gasteiger partial charge in [0, 0.05) is 5.02 Å². The molecule has 0 bridgehead atoms. The van der Waals surface area contributed by atoms with Gasteiger partial charge in [-0.3, -0.25) is 4.72 Å². The van der Waals surface area contributed by atoms with E-state index in [0.717, 1.165) is 6.07 Å². The molecule has 5 nitrogen and oxygen atoms in total. The Morgan fingerprint density at radius 1 is 1.08 bits per heavy atom. The molecule has 0 fully saturated rings. The van der Waals surface area contributed by atoms with Crippen molar-refractivity contribution in [2.45, 2.75) is 18.7 Å². The molecule has 0 aliphatic rings. The lowest BCUT2D eigenvalue weighted by molar-refractivity contribution is 0.597. The van der Waals surface area contributed by atoms with Gasteiger partial charge in [0.2, 0.25) is 0 Å². The van der Waals surface area contributed by atoms with E-state index in [1.54, 1.807) is 6.92 Å². The van der Waals surface area contributed by atoms with E-state index in [1.165, 1.54) is 48.0 Å². The van der Waals surface area contributed by atoms with Crippen LogP contribution in [-0.4, -0.2) is 18.2 Å². The molecule has 1 N–H and O–H groups in total. The summed E-state index contributed by atoms with van der Waals surface area (Å²) in [6, 6.07) is 9.10. The van der Waals surface area contributed by atoms with Crippen molar-refractivity contribution >= 4 is 27.3 Å². The number of halogens is 3. The molecule has 9 heteroatoms. The second-order valence-corrected chi connectivity index (χ2v) is 7.67. The topological polar surface area (TPSA) is 64.0 Å². The van der Waals surface area contributed by atoms with Crippen molar-refractivity contribution < 1.29 is 17.2 Å². The van der Waals surface area contributed by atoms with E-state index in [4.69, 9.17) is 11.6 Å². The summed E-state index contributed by atoms with van der Waals surface area (Å²) in [5.74, 6) is -1.20. The van der Waals surface area contributed by atoms with Gasteiger partial charge in [-0.2, -0.15) is 5.10 Å². The number of hydrogen-bond donors (Lipinski definition) is 1. The number of aromatic nitrogens is 2. The summed E-state index contributed by atoms with van der Waals surface area (Å²) < 4.78 is 56.2. The second kappa shape index (κ2) is 6.69. The Morgan fingerprint density at radius 3 is 2.35 bits per heavy atom. The minimum Gasteiger partial charge on any atom is -0.277 e. The van der Waals surface area contributed by atoms with Gasteiger partial charge in [-0.1, -0.05) is 11.6 Å². The molecular formula is C17H14ClF2N3O2S. The normalized spacial score (nSPS) is 11.6. The lowest BCUT2D eigenvalue weighted by atomic mass is 10.3. The molecule has 0 saturated carbocycles. The Hall–Kier alpha value is -2.45. The van der Waals surface area contributed by atoms with Crippen LogP contribution in [0.3, 0.4) is 0 Å². The zero-order valence-electron chi connectivity index (χ0n) is 13.8. The summed E-state index contributed by atoms with van der Waals surface area (Å²) >= 11 is 5.68. The van der Waals surface area contributed by atoms with E-state index in [2.05, 4.69) is 9.82 Å². The van der Waals surface area contributed by atoms with Gasteiger partial charge in [0.15, 0.2) is 0 Å². The largest absolute Gasteiger partial charge is 0.277 e. The number of nitrogens with one attached hydrogen (secondary N) is 1. The average molecular weight is 398 g/mol. The number of nitrogens with zero attached hydrogens (tertiary/aromatic N) is 2. The maximum atomic E-state index is 13.9. The van der Waals surface area contributed by atoms with Crippen LogP contribution in [0.4, 0.5) is 14.5 Å². The smallest absolute Gasteiger partial charge is 0.265 e. The molecule has 3 rings (SSSR count). The third kappa shape index (κ3) is 3.42. The summed E-state index contributed by atoms with van der Waals surface area (Å²) in [4.78, 5) is -0.0730. The molecule has 0 amide bonds. The van der Waals surface area contributed by atoms with Gasteiger partial charge < -0.3 is 0 Å². The lowest BCUT2D eigenvalue weighted by Gasteiger charge is -2.10. The van der Waals surface area contributed by atoms with Crippen molar-refractivity contribution in [3.63, 3.8) is 0 Å². The predicted molar refractivity (Wildman–Crippen MR) is 95.2 cm³/mol. The first-order valence-corrected chi connectivity index (χ1v) is 9.35. The molecule has 1 heterocycles. The highest BCUT2D eigenvalue weighted by Crippen LogP contribution is 2.27. The van der Waals surface area contributed by atoms with Gasteiger partial charge in [0.05, 0.1) is 22.8 Å². The second-order valence-electron chi connectivity index (χ2n) is 5.62. The van der Waals surface area contributed by atoms with Crippen LogP contribution in [0, 0.1) is 25.5 Å². The van der Waals surface area contributed by atoms with E-state index < -0.39 is 21.7 Å². The first kappa shape index (κ1) is 18.3. The molecule has 3 aromatic rings. The van der Waals surface area contributed by atoms with Crippen molar-refractivity contribution in [3.05, 3.63) is 70.5 Å². The quantitative estimate of drug-likeness (QED) is 0.716. The van der Waals surface area contributed by atoms with Gasteiger partial charge in [-0.25, -0.2) is 21.9 Å². The number of anilines is 1. The third-order valence-electron chi connectivity index (χ3n) is 3.74. The van der Waals surface area contributed by atoms with Crippen molar-refractivity contribution in [1.82, 2.24) is 9.78 Å². The zero-order valence-corrected chi connectivity index (χ0v) is 15.4. The van der Waals surface area contributed by atoms with Crippen LogP contribution < -0.4 is 4.72 Å². The first-order chi connectivity index (χ1) is 12.2.